The van der Waals surface area contributed by atoms with Gasteiger partial charge in [-0.1, -0.05) is 52.5 Å². The van der Waals surface area contributed by atoms with E-state index < -0.39 is 6.16 Å². The summed E-state index contributed by atoms with van der Waals surface area (Å²) in [6.45, 7) is 3.35. The summed E-state index contributed by atoms with van der Waals surface area (Å²) < 4.78 is 10.1. The number of hydrogen-bond acceptors (Lipinski definition) is 4. The topological polar surface area (TPSA) is 38.8 Å². The van der Waals surface area contributed by atoms with E-state index in [1.165, 1.54) is 12.1 Å². The van der Waals surface area contributed by atoms with Crippen LogP contribution in [0.2, 0.25) is 20.1 Å². The highest BCUT2D eigenvalue weighted by Gasteiger charge is 2.13. The normalized spacial score (nSPS) is 10.4. The predicted octanol–water partition coefficient (Wildman–Crippen LogP) is 6.34. The highest BCUT2D eigenvalue weighted by atomic mass is 35.5. The quantitative estimate of drug-likeness (QED) is 0.309. The van der Waals surface area contributed by atoms with E-state index in [0.29, 0.717) is 11.6 Å². The zero-order valence-electron chi connectivity index (χ0n) is 13.3. The molecule has 0 aliphatic heterocycles. The van der Waals surface area contributed by atoms with Crippen molar-refractivity contribution in [2.24, 2.45) is 0 Å². The molecule has 0 saturated carbocycles. The third-order valence-corrected chi connectivity index (χ3v) is 4.56. The van der Waals surface area contributed by atoms with Gasteiger partial charge in [-0.25, -0.2) is 4.79 Å². The fraction of sp³-hybridized carbons (Fsp3) is 0.235. The minimum atomic E-state index is -0.873. The van der Waals surface area contributed by atoms with Gasteiger partial charge in [0.1, 0.15) is 6.61 Å². The standard InChI is InChI=1S/C17H15Cl4NO3/c1-2-22(12-5-3-4-11(18)8-12)6-7-24-17(23)25-16-10-14(20)13(19)9-15(16)21/h3-5,8-10H,2,6-7H2,1H3. The fourth-order valence-electron chi connectivity index (χ4n) is 2.08. The maximum absolute atomic E-state index is 11.8. The molecule has 2 rings (SSSR count). The molecule has 25 heavy (non-hydrogen) atoms. The van der Waals surface area contributed by atoms with Crippen LogP contribution in [0.25, 0.3) is 0 Å². The molecule has 4 nitrogen and oxygen atoms in total. The van der Waals surface area contributed by atoms with Crippen LogP contribution in [0.3, 0.4) is 0 Å². The summed E-state index contributed by atoms with van der Waals surface area (Å²) in [6, 6.07) is 10.2. The second kappa shape index (κ2) is 9.39. The molecule has 0 spiro atoms. The Labute approximate surface area is 166 Å². The summed E-state index contributed by atoms with van der Waals surface area (Å²) in [5.74, 6) is 0.0863. The average Bonchev–Trinajstić information content (AvgIpc) is 2.56. The van der Waals surface area contributed by atoms with E-state index in [0.717, 1.165) is 12.2 Å². The molecule has 0 atom stereocenters. The second-order valence-electron chi connectivity index (χ2n) is 4.96. The monoisotopic (exact) mass is 421 g/mol. The summed E-state index contributed by atoms with van der Waals surface area (Å²) in [4.78, 5) is 13.8. The van der Waals surface area contributed by atoms with Crippen molar-refractivity contribution in [2.45, 2.75) is 6.92 Å². The largest absolute Gasteiger partial charge is 0.513 e. The van der Waals surface area contributed by atoms with Gasteiger partial charge in [0.05, 0.1) is 21.6 Å². The lowest BCUT2D eigenvalue weighted by atomic mass is 10.3. The van der Waals surface area contributed by atoms with Gasteiger partial charge in [-0.05, 0) is 31.2 Å². The lowest BCUT2D eigenvalue weighted by Crippen LogP contribution is -2.28. The first kappa shape index (κ1) is 20.0. The van der Waals surface area contributed by atoms with Crippen LogP contribution < -0.4 is 9.64 Å². The van der Waals surface area contributed by atoms with Gasteiger partial charge >= 0.3 is 6.16 Å². The highest BCUT2D eigenvalue weighted by molar-refractivity contribution is 6.43. The summed E-state index contributed by atoms with van der Waals surface area (Å²) in [5, 5.41) is 1.31. The molecule has 0 amide bonds. The van der Waals surface area contributed by atoms with Crippen LogP contribution in [0.1, 0.15) is 6.92 Å². The maximum Gasteiger partial charge on any atom is 0.513 e. The van der Waals surface area contributed by atoms with Crippen molar-refractivity contribution in [1.29, 1.82) is 0 Å². The Kier molecular flexibility index (Phi) is 7.51. The highest BCUT2D eigenvalue weighted by Crippen LogP contribution is 2.34. The number of likely N-dealkylation sites (N-methyl/N-ethyl adjacent to an activating group) is 1. The Balaban J connectivity index is 1.88. The van der Waals surface area contributed by atoms with Crippen LogP contribution in [0.5, 0.6) is 5.75 Å². The van der Waals surface area contributed by atoms with Crippen molar-refractivity contribution >= 4 is 58.2 Å². The minimum absolute atomic E-state index is 0.0863. The lowest BCUT2D eigenvalue weighted by Gasteiger charge is -2.22. The fourth-order valence-corrected chi connectivity index (χ4v) is 2.84. The van der Waals surface area contributed by atoms with E-state index in [2.05, 4.69) is 0 Å². The SMILES string of the molecule is CCN(CCOC(=O)Oc1cc(Cl)c(Cl)cc1Cl)c1cccc(Cl)c1. The van der Waals surface area contributed by atoms with Crippen LogP contribution in [0.15, 0.2) is 36.4 Å². The Morgan fingerprint density at radius 3 is 2.44 bits per heavy atom. The summed E-state index contributed by atoms with van der Waals surface area (Å²) in [5.41, 5.74) is 0.944. The first-order valence-electron chi connectivity index (χ1n) is 7.40. The van der Waals surface area contributed by atoms with Gasteiger partial charge in [0.15, 0.2) is 5.75 Å². The number of halogens is 4. The van der Waals surface area contributed by atoms with Crippen LogP contribution in [-0.2, 0) is 4.74 Å². The van der Waals surface area contributed by atoms with E-state index in [1.807, 2.05) is 30.0 Å². The maximum atomic E-state index is 11.8. The van der Waals surface area contributed by atoms with Crippen molar-refractivity contribution < 1.29 is 14.3 Å². The van der Waals surface area contributed by atoms with Gasteiger partial charge in [-0.3, -0.25) is 0 Å². The van der Waals surface area contributed by atoms with Crippen LogP contribution in [0, 0.1) is 0 Å². The molecule has 0 saturated heterocycles. The molecular weight excluding hydrogens is 408 g/mol. The third-order valence-electron chi connectivity index (χ3n) is 3.30. The molecule has 2 aromatic rings. The number of rotatable bonds is 6. The van der Waals surface area contributed by atoms with Gasteiger partial charge in [0.2, 0.25) is 0 Å². The lowest BCUT2D eigenvalue weighted by molar-refractivity contribution is 0.101. The first-order chi connectivity index (χ1) is 11.9. The molecule has 0 unspecified atom stereocenters. The van der Waals surface area contributed by atoms with Crippen molar-refractivity contribution in [2.75, 3.05) is 24.6 Å². The van der Waals surface area contributed by atoms with Crippen molar-refractivity contribution in [3.63, 3.8) is 0 Å². The van der Waals surface area contributed by atoms with Crippen molar-refractivity contribution in [3.05, 3.63) is 56.5 Å². The van der Waals surface area contributed by atoms with Gasteiger partial charge in [0.25, 0.3) is 0 Å². The minimum Gasteiger partial charge on any atom is -0.432 e. The Morgan fingerprint density at radius 2 is 1.76 bits per heavy atom. The van der Waals surface area contributed by atoms with Crippen LogP contribution in [0.4, 0.5) is 10.5 Å². The van der Waals surface area contributed by atoms with E-state index >= 15 is 0 Å². The molecule has 0 N–H and O–H groups in total. The number of ether oxygens (including phenoxy) is 2. The van der Waals surface area contributed by atoms with E-state index in [-0.39, 0.29) is 27.4 Å². The van der Waals surface area contributed by atoms with E-state index in [4.69, 9.17) is 55.9 Å². The number of nitrogens with zero attached hydrogens (tertiary/aromatic N) is 1. The average molecular weight is 423 g/mol. The second-order valence-corrected chi connectivity index (χ2v) is 6.61. The Morgan fingerprint density at radius 1 is 1.04 bits per heavy atom. The number of carbonyl (C=O) groups is 1. The van der Waals surface area contributed by atoms with Gasteiger partial charge in [-0.2, -0.15) is 0 Å². The van der Waals surface area contributed by atoms with Gasteiger partial charge < -0.3 is 14.4 Å². The smallest absolute Gasteiger partial charge is 0.432 e. The number of carbonyl (C=O) groups excluding carboxylic acids is 1. The van der Waals surface area contributed by atoms with Crippen LogP contribution >= 0.6 is 46.4 Å². The Bertz CT molecular complexity index is 755. The zero-order chi connectivity index (χ0) is 18.4. The predicted molar refractivity (Wildman–Crippen MR) is 103 cm³/mol. The molecule has 2 aromatic carbocycles. The van der Waals surface area contributed by atoms with Crippen molar-refractivity contribution in [1.82, 2.24) is 0 Å². The summed E-state index contributed by atoms with van der Waals surface area (Å²) in [6.07, 6.45) is -0.873. The third kappa shape index (κ3) is 5.86. The molecule has 134 valence electrons. The number of hydrogen-bond donors (Lipinski definition) is 0. The van der Waals surface area contributed by atoms with Gasteiger partial charge in [-0.15, -0.1) is 0 Å². The van der Waals surface area contributed by atoms with Gasteiger partial charge in [0, 0.05) is 23.3 Å². The molecule has 0 heterocycles. The molecule has 0 aromatic heterocycles. The van der Waals surface area contributed by atoms with E-state index in [9.17, 15) is 4.79 Å². The molecule has 0 aliphatic carbocycles. The number of anilines is 1. The van der Waals surface area contributed by atoms with Crippen molar-refractivity contribution in [3.8, 4) is 5.75 Å². The molecule has 0 radical (unpaired) electrons. The molecule has 0 aliphatic rings. The zero-order valence-corrected chi connectivity index (χ0v) is 16.3. The van der Waals surface area contributed by atoms with E-state index in [1.54, 1.807) is 6.07 Å². The first-order valence-corrected chi connectivity index (χ1v) is 8.91. The molecule has 0 fully saturated rings. The summed E-state index contributed by atoms with van der Waals surface area (Å²) in [7, 11) is 0. The Hall–Kier alpha value is -1.33. The molecule has 8 heteroatoms. The number of benzene rings is 2. The molecular formula is C17H15Cl4NO3. The van der Waals surface area contributed by atoms with Crippen LogP contribution in [-0.4, -0.2) is 25.9 Å². The summed E-state index contributed by atoms with van der Waals surface area (Å²) >= 11 is 23.6. The molecule has 0 bridgehead atoms.